The number of benzene rings is 1. The van der Waals surface area contributed by atoms with Crippen LogP contribution in [0.3, 0.4) is 0 Å². The van der Waals surface area contributed by atoms with E-state index in [4.69, 9.17) is 9.47 Å². The van der Waals surface area contributed by atoms with Gasteiger partial charge < -0.3 is 9.47 Å². The number of hydrogen-bond donors (Lipinski definition) is 0. The molecule has 2 heteroatoms. The molecule has 1 atom stereocenters. The Balaban J connectivity index is 1.69. The Morgan fingerprint density at radius 2 is 2.10 bits per heavy atom. The predicted octanol–water partition coefficient (Wildman–Crippen LogP) is 4.92. The van der Waals surface area contributed by atoms with Gasteiger partial charge >= 0.3 is 0 Å². The normalized spacial score (nSPS) is 20.9. The summed E-state index contributed by atoms with van der Waals surface area (Å²) in [6.07, 6.45) is 12.1. The molecule has 2 rings (SSSR count). The van der Waals surface area contributed by atoms with Gasteiger partial charge in [0.25, 0.3) is 0 Å². The molecule has 1 saturated heterocycles. The lowest BCUT2D eigenvalue weighted by Gasteiger charge is -2.09. The molecule has 0 radical (unpaired) electrons. The van der Waals surface area contributed by atoms with Gasteiger partial charge in [-0.25, -0.2) is 0 Å². The van der Waals surface area contributed by atoms with Crippen molar-refractivity contribution in [3.63, 3.8) is 0 Å². The summed E-state index contributed by atoms with van der Waals surface area (Å²) < 4.78 is 11.1. The van der Waals surface area contributed by atoms with E-state index in [2.05, 4.69) is 44.2 Å². The molecule has 0 aromatic heterocycles. The average Bonchev–Trinajstić information content (AvgIpc) is 3.23. The van der Waals surface area contributed by atoms with Crippen LogP contribution in [0.1, 0.15) is 51.5 Å². The van der Waals surface area contributed by atoms with Crippen LogP contribution in [-0.2, 0) is 11.2 Å². The number of epoxide rings is 1. The Morgan fingerprint density at radius 3 is 2.86 bits per heavy atom. The second-order valence-electron chi connectivity index (χ2n) is 6.20. The van der Waals surface area contributed by atoms with Crippen LogP contribution in [0.5, 0.6) is 5.75 Å². The lowest BCUT2D eigenvalue weighted by Crippen LogP contribution is -2.16. The van der Waals surface area contributed by atoms with Crippen LogP contribution in [0.15, 0.2) is 36.4 Å². The van der Waals surface area contributed by atoms with E-state index in [-0.39, 0.29) is 5.60 Å². The summed E-state index contributed by atoms with van der Waals surface area (Å²) in [5.41, 5.74) is 1.26. The Labute approximate surface area is 129 Å². The molecule has 0 saturated carbocycles. The first-order valence-electron chi connectivity index (χ1n) is 8.22. The van der Waals surface area contributed by atoms with Crippen molar-refractivity contribution in [1.29, 1.82) is 0 Å². The number of unbranched alkanes of at least 4 members (excludes halogenated alkanes) is 4. The quantitative estimate of drug-likeness (QED) is 0.346. The van der Waals surface area contributed by atoms with Crippen LogP contribution in [0.25, 0.3) is 0 Å². The van der Waals surface area contributed by atoms with Gasteiger partial charge in [0, 0.05) is 0 Å². The van der Waals surface area contributed by atoms with E-state index in [1.165, 1.54) is 37.7 Å². The monoisotopic (exact) mass is 288 g/mol. The summed E-state index contributed by atoms with van der Waals surface area (Å²) in [5, 5.41) is 0. The summed E-state index contributed by atoms with van der Waals surface area (Å²) in [6, 6.07) is 8.37. The SMILES string of the molecule is CCCCCC/C=C/Cc1cccc(OCC2(C)CO2)c1. The maximum absolute atomic E-state index is 5.80. The molecule has 1 unspecified atom stereocenters. The molecule has 1 aromatic carbocycles. The maximum Gasteiger partial charge on any atom is 0.123 e. The first-order chi connectivity index (χ1) is 10.2. The summed E-state index contributed by atoms with van der Waals surface area (Å²) in [7, 11) is 0. The summed E-state index contributed by atoms with van der Waals surface area (Å²) in [6.45, 7) is 5.79. The number of ether oxygens (including phenoxy) is 2. The van der Waals surface area contributed by atoms with Crippen molar-refractivity contribution < 1.29 is 9.47 Å². The maximum atomic E-state index is 5.80. The smallest absolute Gasteiger partial charge is 0.123 e. The number of rotatable bonds is 10. The Kier molecular flexibility index (Phi) is 6.31. The molecule has 0 aliphatic carbocycles. The molecule has 1 aromatic rings. The third kappa shape index (κ3) is 6.34. The molecular weight excluding hydrogens is 260 g/mol. The molecule has 0 N–H and O–H groups in total. The zero-order valence-electron chi connectivity index (χ0n) is 13.4. The summed E-state index contributed by atoms with van der Waals surface area (Å²) in [4.78, 5) is 0. The van der Waals surface area contributed by atoms with Crippen LogP contribution >= 0.6 is 0 Å². The molecule has 1 aliphatic heterocycles. The molecule has 0 spiro atoms. The molecule has 1 heterocycles. The Hall–Kier alpha value is -1.28. The van der Waals surface area contributed by atoms with Gasteiger partial charge in [-0.1, -0.05) is 50.5 Å². The standard InChI is InChI=1S/C19H28O2/c1-3-4-5-6-7-8-9-11-17-12-10-13-18(14-17)20-15-19(2)16-21-19/h8-10,12-14H,3-7,11,15-16H2,1-2H3/b9-8+. The molecule has 1 aliphatic rings. The molecule has 21 heavy (non-hydrogen) atoms. The second-order valence-corrected chi connectivity index (χ2v) is 6.20. The number of allylic oxidation sites excluding steroid dienone is 2. The largest absolute Gasteiger partial charge is 0.490 e. The molecule has 0 amide bonds. The van der Waals surface area contributed by atoms with Gasteiger partial charge in [-0.15, -0.1) is 0 Å². The van der Waals surface area contributed by atoms with Gasteiger partial charge in [0.05, 0.1) is 6.61 Å². The van der Waals surface area contributed by atoms with Crippen molar-refractivity contribution in [3.8, 4) is 5.75 Å². The fourth-order valence-electron chi connectivity index (χ4n) is 2.23. The van der Waals surface area contributed by atoms with E-state index < -0.39 is 0 Å². The van der Waals surface area contributed by atoms with Crippen LogP contribution in [0, 0.1) is 0 Å². The minimum absolute atomic E-state index is 0.0472. The fraction of sp³-hybridized carbons (Fsp3) is 0.579. The minimum Gasteiger partial charge on any atom is -0.490 e. The lowest BCUT2D eigenvalue weighted by molar-refractivity contribution is 0.202. The van der Waals surface area contributed by atoms with Gasteiger partial charge in [-0.05, 0) is 43.9 Å². The van der Waals surface area contributed by atoms with Crippen molar-refractivity contribution in [2.24, 2.45) is 0 Å². The molecule has 116 valence electrons. The highest BCUT2D eigenvalue weighted by Crippen LogP contribution is 2.27. The van der Waals surface area contributed by atoms with Crippen LogP contribution in [-0.4, -0.2) is 18.8 Å². The van der Waals surface area contributed by atoms with Crippen molar-refractivity contribution in [1.82, 2.24) is 0 Å². The lowest BCUT2D eigenvalue weighted by atomic mass is 10.1. The van der Waals surface area contributed by atoms with E-state index in [1.807, 2.05) is 6.07 Å². The van der Waals surface area contributed by atoms with Gasteiger partial charge in [0.2, 0.25) is 0 Å². The average molecular weight is 288 g/mol. The minimum atomic E-state index is -0.0472. The third-order valence-corrected chi connectivity index (χ3v) is 3.82. The second kappa shape index (κ2) is 8.23. The molecule has 2 nitrogen and oxygen atoms in total. The molecular formula is C19H28O2. The zero-order valence-corrected chi connectivity index (χ0v) is 13.4. The Bertz CT molecular complexity index is 447. The van der Waals surface area contributed by atoms with E-state index in [0.29, 0.717) is 6.61 Å². The number of hydrogen-bond acceptors (Lipinski definition) is 2. The highest BCUT2D eigenvalue weighted by molar-refractivity contribution is 5.30. The van der Waals surface area contributed by atoms with Gasteiger partial charge in [0.15, 0.2) is 0 Å². The summed E-state index contributed by atoms with van der Waals surface area (Å²) >= 11 is 0. The van der Waals surface area contributed by atoms with E-state index in [9.17, 15) is 0 Å². The highest BCUT2D eigenvalue weighted by atomic mass is 16.6. The Morgan fingerprint density at radius 1 is 1.24 bits per heavy atom. The van der Waals surface area contributed by atoms with Crippen molar-refractivity contribution >= 4 is 0 Å². The van der Waals surface area contributed by atoms with Crippen molar-refractivity contribution in [2.75, 3.05) is 13.2 Å². The topological polar surface area (TPSA) is 21.8 Å². The first kappa shape index (κ1) is 16.1. The van der Waals surface area contributed by atoms with E-state index in [1.54, 1.807) is 0 Å². The van der Waals surface area contributed by atoms with Crippen LogP contribution in [0.4, 0.5) is 0 Å². The first-order valence-corrected chi connectivity index (χ1v) is 8.22. The van der Waals surface area contributed by atoms with Crippen LogP contribution < -0.4 is 4.74 Å². The van der Waals surface area contributed by atoms with Gasteiger partial charge in [-0.3, -0.25) is 0 Å². The summed E-state index contributed by atoms with van der Waals surface area (Å²) in [5.74, 6) is 0.945. The molecule has 0 bridgehead atoms. The predicted molar refractivity (Wildman–Crippen MR) is 87.9 cm³/mol. The van der Waals surface area contributed by atoms with Crippen LogP contribution in [0.2, 0.25) is 0 Å². The highest BCUT2D eigenvalue weighted by Gasteiger charge is 2.40. The third-order valence-electron chi connectivity index (χ3n) is 3.82. The van der Waals surface area contributed by atoms with Gasteiger partial charge in [-0.2, -0.15) is 0 Å². The molecule has 1 fully saturated rings. The van der Waals surface area contributed by atoms with E-state index in [0.717, 1.165) is 18.8 Å². The van der Waals surface area contributed by atoms with Crippen molar-refractivity contribution in [2.45, 2.75) is 58.0 Å². The fourth-order valence-corrected chi connectivity index (χ4v) is 2.23. The van der Waals surface area contributed by atoms with E-state index >= 15 is 0 Å². The van der Waals surface area contributed by atoms with Gasteiger partial charge in [0.1, 0.15) is 18.0 Å². The zero-order chi connectivity index (χ0) is 15.0. The van der Waals surface area contributed by atoms with Crippen molar-refractivity contribution in [3.05, 3.63) is 42.0 Å².